The molecule has 0 aliphatic carbocycles. The van der Waals surface area contributed by atoms with Crippen LogP contribution in [0.15, 0.2) is 10.5 Å². The van der Waals surface area contributed by atoms with Gasteiger partial charge in [0.1, 0.15) is 17.9 Å². The molecule has 12 heteroatoms. The third-order valence-electron chi connectivity index (χ3n) is 2.93. The summed E-state index contributed by atoms with van der Waals surface area (Å²) < 4.78 is 9.21. The van der Waals surface area contributed by atoms with Crippen LogP contribution in [0.2, 0.25) is 0 Å². The summed E-state index contributed by atoms with van der Waals surface area (Å²) in [5.74, 6) is -2.77. The summed E-state index contributed by atoms with van der Waals surface area (Å²) in [7, 11) is 4.81. The molecule has 2 radical (unpaired) electrons. The van der Waals surface area contributed by atoms with Gasteiger partial charge in [-0.15, -0.1) is 11.3 Å². The van der Waals surface area contributed by atoms with E-state index in [1.807, 2.05) is 0 Å². The highest BCUT2D eigenvalue weighted by Gasteiger charge is 2.22. The van der Waals surface area contributed by atoms with Crippen LogP contribution in [0.25, 0.3) is 0 Å². The highest BCUT2D eigenvalue weighted by molar-refractivity contribution is 7.14. The van der Waals surface area contributed by atoms with E-state index >= 15 is 0 Å². The molecule has 0 fully saturated rings. The molecule has 0 aromatic carbocycles. The molecular formula is C15H20BN3O7S. The number of thiazole rings is 1. The average molecular weight is 397 g/mol. The predicted molar refractivity (Wildman–Crippen MR) is 97.7 cm³/mol. The molecule has 0 aliphatic rings. The van der Waals surface area contributed by atoms with Gasteiger partial charge in [0, 0.05) is 5.38 Å². The third-order valence-corrected chi connectivity index (χ3v) is 3.69. The number of carbonyl (C=O) groups is 3. The van der Waals surface area contributed by atoms with Crippen LogP contribution in [0, 0.1) is 5.92 Å². The zero-order chi connectivity index (χ0) is 20.6. The topological polar surface area (TPSA) is 136 Å². The first-order valence-corrected chi connectivity index (χ1v) is 8.75. The lowest BCUT2D eigenvalue weighted by Crippen LogP contribution is -2.27. The standard InChI is InChI=1S/C15H20BN3O7S/c1-5-8(12(22)26-16)6-24-19-10(11(20)21)9-7-27-13(17-9)18-14(23)25-15(2,3)4/h7-8H,5-6H2,1-4H3,(H,20,21)(H,17,18,23)/b19-10-/t8-/m0/s1. The summed E-state index contributed by atoms with van der Waals surface area (Å²) in [5.41, 5.74) is -1.20. The Morgan fingerprint density at radius 2 is 2.07 bits per heavy atom. The number of nitrogens with zero attached hydrogens (tertiary/aromatic N) is 2. The van der Waals surface area contributed by atoms with Gasteiger partial charge in [-0.3, -0.25) is 10.1 Å². The van der Waals surface area contributed by atoms with Crippen molar-refractivity contribution in [2.45, 2.75) is 39.7 Å². The molecule has 10 nitrogen and oxygen atoms in total. The smallest absolute Gasteiger partial charge is 0.413 e. The molecule has 0 bridgehead atoms. The van der Waals surface area contributed by atoms with E-state index in [0.717, 1.165) is 11.3 Å². The minimum atomic E-state index is -1.39. The van der Waals surface area contributed by atoms with Crippen molar-refractivity contribution in [3.8, 4) is 0 Å². The predicted octanol–water partition coefficient (Wildman–Crippen LogP) is 1.95. The number of carboxylic acids is 1. The third kappa shape index (κ3) is 7.65. The van der Waals surface area contributed by atoms with Gasteiger partial charge in [-0.25, -0.2) is 14.6 Å². The monoisotopic (exact) mass is 397 g/mol. The molecule has 1 aromatic heterocycles. The number of aromatic nitrogens is 1. The Balaban J connectivity index is 2.81. The molecule has 0 saturated heterocycles. The van der Waals surface area contributed by atoms with Crippen molar-refractivity contribution in [2.75, 3.05) is 11.9 Å². The van der Waals surface area contributed by atoms with E-state index < -0.39 is 35.3 Å². The van der Waals surface area contributed by atoms with Crippen LogP contribution in [-0.2, 0) is 23.8 Å². The van der Waals surface area contributed by atoms with Gasteiger partial charge in [-0.1, -0.05) is 12.1 Å². The molecule has 1 heterocycles. The summed E-state index contributed by atoms with van der Waals surface area (Å²) in [4.78, 5) is 43.4. The normalized spacial score (nSPS) is 12.8. The van der Waals surface area contributed by atoms with Gasteiger partial charge in [0.15, 0.2) is 5.13 Å². The van der Waals surface area contributed by atoms with E-state index in [0.29, 0.717) is 6.42 Å². The van der Waals surface area contributed by atoms with Gasteiger partial charge >= 0.3 is 20.1 Å². The van der Waals surface area contributed by atoms with Crippen LogP contribution in [0.5, 0.6) is 0 Å². The fraction of sp³-hybridized carbons (Fsp3) is 0.533. The van der Waals surface area contributed by atoms with Crippen molar-refractivity contribution in [2.24, 2.45) is 11.1 Å². The van der Waals surface area contributed by atoms with Gasteiger partial charge in [0.05, 0.1) is 5.92 Å². The maximum atomic E-state index is 11.7. The molecular weight excluding hydrogens is 377 g/mol. The lowest BCUT2D eigenvalue weighted by Gasteiger charge is -2.18. The molecule has 0 spiro atoms. The highest BCUT2D eigenvalue weighted by atomic mass is 32.1. The van der Waals surface area contributed by atoms with Crippen molar-refractivity contribution in [3.63, 3.8) is 0 Å². The SMILES string of the molecule is [B]OC(=O)[C@@H](CC)CO/N=C(\C(=O)O)c1csc(NC(=O)OC(C)(C)C)n1. The lowest BCUT2D eigenvalue weighted by atomic mass is 10.1. The maximum Gasteiger partial charge on any atom is 0.413 e. The number of carbonyl (C=O) groups excluding carboxylic acids is 2. The van der Waals surface area contributed by atoms with Crippen molar-refractivity contribution in [1.82, 2.24) is 4.98 Å². The molecule has 1 rings (SSSR count). The number of amides is 1. The number of hydrogen-bond donors (Lipinski definition) is 2. The van der Waals surface area contributed by atoms with E-state index in [1.165, 1.54) is 5.38 Å². The van der Waals surface area contributed by atoms with Crippen LogP contribution in [0.3, 0.4) is 0 Å². The number of oxime groups is 1. The minimum absolute atomic E-state index is 0.0204. The zero-order valence-electron chi connectivity index (χ0n) is 15.3. The second-order valence-corrected chi connectivity index (χ2v) is 7.11. The van der Waals surface area contributed by atoms with Crippen molar-refractivity contribution >= 4 is 48.3 Å². The van der Waals surface area contributed by atoms with Gasteiger partial charge in [0.2, 0.25) is 5.71 Å². The van der Waals surface area contributed by atoms with Crippen molar-refractivity contribution in [1.29, 1.82) is 0 Å². The van der Waals surface area contributed by atoms with Gasteiger partial charge in [-0.2, -0.15) is 0 Å². The Morgan fingerprint density at radius 1 is 1.41 bits per heavy atom. The quantitative estimate of drug-likeness (QED) is 0.386. The summed E-state index contributed by atoms with van der Waals surface area (Å²) in [6.45, 7) is 6.61. The Bertz CT molecular complexity index is 715. The van der Waals surface area contributed by atoms with Gasteiger partial charge in [-0.05, 0) is 27.2 Å². The Labute approximate surface area is 161 Å². The molecule has 146 valence electrons. The van der Waals surface area contributed by atoms with Gasteiger partial charge < -0.3 is 19.3 Å². The van der Waals surface area contributed by atoms with Gasteiger partial charge in [0.25, 0.3) is 5.97 Å². The molecule has 1 amide bonds. The summed E-state index contributed by atoms with van der Waals surface area (Å²) in [6, 6.07) is 0. The Hall–Kier alpha value is -2.63. The summed E-state index contributed by atoms with van der Waals surface area (Å²) >= 11 is 0.989. The molecule has 1 atom stereocenters. The largest absolute Gasteiger partial charge is 0.543 e. The first-order chi connectivity index (χ1) is 12.6. The number of hydrogen-bond acceptors (Lipinski definition) is 9. The molecule has 1 aromatic rings. The summed E-state index contributed by atoms with van der Waals surface area (Å²) in [6.07, 6.45) is -0.353. The number of nitrogens with one attached hydrogen (secondary N) is 1. The van der Waals surface area contributed by atoms with Crippen LogP contribution in [0.4, 0.5) is 9.93 Å². The van der Waals surface area contributed by atoms with Crippen molar-refractivity contribution in [3.05, 3.63) is 11.1 Å². The van der Waals surface area contributed by atoms with Crippen LogP contribution < -0.4 is 5.32 Å². The highest BCUT2D eigenvalue weighted by Crippen LogP contribution is 2.18. The maximum absolute atomic E-state index is 11.7. The van der Waals surface area contributed by atoms with E-state index in [9.17, 15) is 19.5 Å². The number of carboxylic acid groups (broad SMARTS) is 1. The number of ether oxygens (including phenoxy) is 1. The molecule has 0 unspecified atom stereocenters. The van der Waals surface area contributed by atoms with E-state index in [4.69, 9.17) is 17.6 Å². The molecule has 27 heavy (non-hydrogen) atoms. The Kier molecular flexibility index (Phi) is 8.22. The Morgan fingerprint density at radius 3 is 2.59 bits per heavy atom. The number of anilines is 1. The second kappa shape index (κ2) is 9.90. The first-order valence-electron chi connectivity index (χ1n) is 7.87. The molecule has 0 saturated carbocycles. The van der Waals surface area contributed by atoms with E-state index in [1.54, 1.807) is 27.7 Å². The fourth-order valence-corrected chi connectivity index (χ4v) is 2.35. The van der Waals surface area contributed by atoms with E-state index in [2.05, 4.69) is 20.1 Å². The second-order valence-electron chi connectivity index (χ2n) is 6.25. The lowest BCUT2D eigenvalue weighted by molar-refractivity contribution is -0.140. The number of aliphatic carboxylic acids is 1. The average Bonchev–Trinajstić information content (AvgIpc) is 3.00. The van der Waals surface area contributed by atoms with Crippen LogP contribution in [-0.4, -0.2) is 54.1 Å². The van der Waals surface area contributed by atoms with Crippen LogP contribution >= 0.6 is 11.3 Å². The summed E-state index contributed by atoms with van der Waals surface area (Å²) in [5, 5.41) is 16.7. The van der Waals surface area contributed by atoms with Crippen LogP contribution in [0.1, 0.15) is 39.8 Å². The first kappa shape index (κ1) is 22.4. The zero-order valence-corrected chi connectivity index (χ0v) is 16.2. The minimum Gasteiger partial charge on any atom is -0.543 e. The van der Waals surface area contributed by atoms with Crippen molar-refractivity contribution < 1.29 is 33.7 Å². The fourth-order valence-electron chi connectivity index (χ4n) is 1.67. The molecule has 2 N–H and O–H groups in total. The molecule has 0 aliphatic heterocycles. The number of rotatable bonds is 8. The van der Waals surface area contributed by atoms with E-state index in [-0.39, 0.29) is 17.4 Å².